The van der Waals surface area contributed by atoms with Crippen molar-refractivity contribution in [3.8, 4) is 0 Å². The number of urea groups is 1. The molecule has 26 heavy (non-hydrogen) atoms. The molecule has 0 bridgehead atoms. The Bertz CT molecular complexity index is 857. The van der Waals surface area contributed by atoms with E-state index in [9.17, 15) is 9.59 Å². The number of hydrogen-bond acceptors (Lipinski definition) is 3. The van der Waals surface area contributed by atoms with Crippen molar-refractivity contribution in [1.29, 1.82) is 0 Å². The molecule has 138 valence electrons. The first kappa shape index (κ1) is 18.2. The van der Waals surface area contributed by atoms with E-state index >= 15 is 0 Å². The summed E-state index contributed by atoms with van der Waals surface area (Å²) in [5.41, 5.74) is 8.11. The highest BCUT2D eigenvalue weighted by atomic mass is 16.2. The molecule has 6 nitrogen and oxygen atoms in total. The normalized spacial score (nSPS) is 16.4. The fourth-order valence-electron chi connectivity index (χ4n) is 3.77. The Morgan fingerprint density at radius 3 is 2.62 bits per heavy atom. The molecule has 0 saturated carbocycles. The van der Waals surface area contributed by atoms with Crippen molar-refractivity contribution in [2.75, 3.05) is 13.1 Å². The maximum atomic E-state index is 13.0. The van der Waals surface area contributed by atoms with Crippen LogP contribution in [0.1, 0.15) is 32.0 Å². The molecule has 6 heteroatoms. The molecular weight excluding hydrogens is 328 g/mol. The molecule has 3 amide bonds. The van der Waals surface area contributed by atoms with Crippen molar-refractivity contribution in [1.82, 2.24) is 14.8 Å². The van der Waals surface area contributed by atoms with Crippen LogP contribution in [0.25, 0.3) is 10.9 Å². The smallest absolute Gasteiger partial charge is 0.321 e. The van der Waals surface area contributed by atoms with Crippen molar-refractivity contribution in [2.24, 2.45) is 11.1 Å². The van der Waals surface area contributed by atoms with Gasteiger partial charge in [0.25, 0.3) is 0 Å². The second-order valence-corrected chi connectivity index (χ2v) is 8.01. The Labute approximate surface area is 154 Å². The van der Waals surface area contributed by atoms with Gasteiger partial charge >= 0.3 is 6.03 Å². The second-order valence-electron chi connectivity index (χ2n) is 8.01. The van der Waals surface area contributed by atoms with Gasteiger partial charge in [0.05, 0.1) is 5.52 Å². The zero-order chi connectivity index (χ0) is 19.1. The van der Waals surface area contributed by atoms with Crippen LogP contribution in [0, 0.1) is 12.3 Å². The number of primary amides is 1. The van der Waals surface area contributed by atoms with Gasteiger partial charge in [-0.15, -0.1) is 0 Å². The number of para-hydroxylation sites is 1. The third-order valence-electron chi connectivity index (χ3n) is 4.82. The van der Waals surface area contributed by atoms with Gasteiger partial charge in [-0.1, -0.05) is 39.0 Å². The fraction of sp³-hybridized carbons (Fsp3) is 0.450. The number of nitrogens with zero attached hydrogens (tertiary/aromatic N) is 3. The van der Waals surface area contributed by atoms with Crippen molar-refractivity contribution in [3.05, 3.63) is 41.6 Å². The Morgan fingerprint density at radius 1 is 1.27 bits per heavy atom. The summed E-state index contributed by atoms with van der Waals surface area (Å²) in [6, 6.07) is 9.21. The highest BCUT2D eigenvalue weighted by Crippen LogP contribution is 2.29. The summed E-state index contributed by atoms with van der Waals surface area (Å²) < 4.78 is 0. The molecule has 2 heterocycles. The van der Waals surface area contributed by atoms with Crippen LogP contribution in [0.15, 0.2) is 30.3 Å². The number of fused-ring (bicyclic) bond motifs is 1. The molecule has 0 spiro atoms. The first-order chi connectivity index (χ1) is 12.2. The van der Waals surface area contributed by atoms with Crippen molar-refractivity contribution in [2.45, 2.75) is 40.3 Å². The van der Waals surface area contributed by atoms with Crippen LogP contribution in [0.5, 0.6) is 0 Å². The Kier molecular flexibility index (Phi) is 4.61. The van der Waals surface area contributed by atoms with Crippen LogP contribution in [0.4, 0.5) is 4.79 Å². The Hall–Kier alpha value is -2.63. The number of carbonyl (C=O) groups excluding carboxylic acids is 2. The van der Waals surface area contributed by atoms with E-state index in [1.807, 2.05) is 58.0 Å². The quantitative estimate of drug-likeness (QED) is 0.917. The van der Waals surface area contributed by atoms with Gasteiger partial charge < -0.3 is 15.5 Å². The summed E-state index contributed by atoms with van der Waals surface area (Å²) in [5, 5.41) is 1.05. The van der Waals surface area contributed by atoms with Crippen LogP contribution in [0.2, 0.25) is 0 Å². The first-order valence-electron chi connectivity index (χ1n) is 8.88. The minimum atomic E-state index is -0.615. The van der Waals surface area contributed by atoms with E-state index < -0.39 is 17.4 Å². The van der Waals surface area contributed by atoms with E-state index in [1.54, 1.807) is 9.80 Å². The number of rotatable bonds is 4. The number of nitrogens with two attached hydrogens (primary N) is 1. The van der Waals surface area contributed by atoms with E-state index in [1.165, 1.54) is 0 Å². The van der Waals surface area contributed by atoms with Crippen molar-refractivity contribution in [3.63, 3.8) is 0 Å². The lowest BCUT2D eigenvalue weighted by Gasteiger charge is -2.35. The van der Waals surface area contributed by atoms with Crippen molar-refractivity contribution < 1.29 is 9.59 Å². The van der Waals surface area contributed by atoms with Crippen LogP contribution in [-0.4, -0.2) is 45.9 Å². The molecule has 0 aliphatic carbocycles. The molecule has 1 aromatic carbocycles. The van der Waals surface area contributed by atoms with E-state index in [2.05, 4.69) is 4.98 Å². The zero-order valence-corrected chi connectivity index (χ0v) is 15.8. The number of carbonyl (C=O) groups is 2. The van der Waals surface area contributed by atoms with Crippen LogP contribution in [0.3, 0.4) is 0 Å². The predicted octanol–water partition coefficient (Wildman–Crippen LogP) is 2.68. The summed E-state index contributed by atoms with van der Waals surface area (Å²) in [5.74, 6) is -0.460. The predicted molar refractivity (Wildman–Crippen MR) is 101 cm³/mol. The number of aryl methyl sites for hydroxylation is 1. The topological polar surface area (TPSA) is 79.5 Å². The molecule has 1 atom stereocenters. The van der Waals surface area contributed by atoms with Crippen LogP contribution < -0.4 is 5.73 Å². The summed E-state index contributed by atoms with van der Waals surface area (Å²) in [6.45, 7) is 9.32. The molecule has 3 rings (SSSR count). The maximum Gasteiger partial charge on any atom is 0.321 e. The van der Waals surface area contributed by atoms with Gasteiger partial charge in [-0.05, 0) is 30.0 Å². The van der Waals surface area contributed by atoms with Crippen LogP contribution in [-0.2, 0) is 11.3 Å². The van der Waals surface area contributed by atoms with E-state index in [4.69, 9.17) is 5.73 Å². The fourth-order valence-corrected chi connectivity index (χ4v) is 3.77. The van der Waals surface area contributed by atoms with Gasteiger partial charge in [0.15, 0.2) is 0 Å². The molecule has 2 N–H and O–H groups in total. The minimum absolute atomic E-state index is 0.137. The summed E-state index contributed by atoms with van der Waals surface area (Å²) in [4.78, 5) is 32.9. The minimum Gasteiger partial charge on any atom is -0.368 e. The lowest BCUT2D eigenvalue weighted by molar-refractivity contribution is -0.125. The first-order valence-corrected chi connectivity index (χ1v) is 8.88. The SMILES string of the molecule is Cc1cc(CN2CCN(C(C(N)=O)C(C)(C)C)C2=O)c2ccccc2n1. The number of aromatic nitrogens is 1. The third kappa shape index (κ3) is 3.36. The largest absolute Gasteiger partial charge is 0.368 e. The van der Waals surface area contributed by atoms with E-state index in [-0.39, 0.29) is 6.03 Å². The van der Waals surface area contributed by atoms with Gasteiger partial charge in [0.2, 0.25) is 5.91 Å². The summed E-state index contributed by atoms with van der Waals surface area (Å²) >= 11 is 0. The molecular formula is C20H26N4O2. The van der Waals surface area contributed by atoms with Gasteiger partial charge in [0, 0.05) is 30.7 Å². The second kappa shape index (κ2) is 6.59. The molecule has 1 aliphatic rings. The number of amides is 3. The number of hydrogen-bond donors (Lipinski definition) is 1. The van der Waals surface area contributed by atoms with Gasteiger partial charge in [-0.2, -0.15) is 0 Å². The summed E-state index contributed by atoms with van der Waals surface area (Å²) in [7, 11) is 0. The van der Waals surface area contributed by atoms with E-state index in [0.717, 1.165) is 22.2 Å². The molecule has 1 aromatic heterocycles. The average Bonchev–Trinajstić information content (AvgIpc) is 2.87. The lowest BCUT2D eigenvalue weighted by atomic mass is 9.85. The van der Waals surface area contributed by atoms with Gasteiger partial charge in [0.1, 0.15) is 6.04 Å². The number of pyridine rings is 1. The van der Waals surface area contributed by atoms with Gasteiger partial charge in [-0.25, -0.2) is 4.79 Å². The summed E-state index contributed by atoms with van der Waals surface area (Å²) in [6.07, 6.45) is 0. The third-order valence-corrected chi connectivity index (χ3v) is 4.82. The molecule has 2 aromatic rings. The highest BCUT2D eigenvalue weighted by Gasteiger charge is 2.42. The molecule has 1 aliphatic heterocycles. The standard InChI is InChI=1S/C20H26N4O2/c1-13-11-14(15-7-5-6-8-16(15)22-13)12-23-9-10-24(19(23)26)17(18(21)25)20(2,3)4/h5-8,11,17H,9-10,12H2,1-4H3,(H2,21,25). The average molecular weight is 354 g/mol. The lowest BCUT2D eigenvalue weighted by Crippen LogP contribution is -2.53. The van der Waals surface area contributed by atoms with E-state index in [0.29, 0.717) is 19.6 Å². The zero-order valence-electron chi connectivity index (χ0n) is 15.8. The molecule has 1 fully saturated rings. The molecule has 1 unspecified atom stereocenters. The number of benzene rings is 1. The highest BCUT2D eigenvalue weighted by molar-refractivity contribution is 5.88. The maximum absolute atomic E-state index is 13.0. The van der Waals surface area contributed by atoms with Gasteiger partial charge in [-0.3, -0.25) is 9.78 Å². The molecule has 1 saturated heterocycles. The Balaban J connectivity index is 1.87. The Morgan fingerprint density at radius 2 is 1.96 bits per heavy atom. The van der Waals surface area contributed by atoms with Crippen molar-refractivity contribution >= 4 is 22.8 Å². The molecule has 0 radical (unpaired) electrons. The van der Waals surface area contributed by atoms with Crippen LogP contribution >= 0.6 is 0 Å². The monoisotopic (exact) mass is 354 g/mol.